The van der Waals surface area contributed by atoms with E-state index >= 15 is 0 Å². The highest BCUT2D eigenvalue weighted by molar-refractivity contribution is 14.1. The van der Waals surface area contributed by atoms with Crippen molar-refractivity contribution >= 4 is 34.7 Å². The first-order valence-electron chi connectivity index (χ1n) is 4.65. The summed E-state index contributed by atoms with van der Waals surface area (Å²) in [6.45, 7) is 3.92. The van der Waals surface area contributed by atoms with E-state index in [0.717, 1.165) is 0 Å². The molecule has 1 rings (SSSR count). The predicted molar refractivity (Wildman–Crippen MR) is 59.9 cm³/mol. The molecule has 0 bridgehead atoms. The second-order valence-electron chi connectivity index (χ2n) is 3.45. The van der Waals surface area contributed by atoms with E-state index in [1.807, 2.05) is 29.5 Å². The topological polar surface area (TPSA) is 61.8 Å². The minimum absolute atomic E-state index is 0.0587. The van der Waals surface area contributed by atoms with Gasteiger partial charge in [0, 0.05) is 0 Å². The number of rotatable bonds is 4. The first kappa shape index (κ1) is 12.5. The number of ether oxygens (including phenoxy) is 3. The molecule has 1 fully saturated rings. The van der Waals surface area contributed by atoms with E-state index in [1.54, 1.807) is 6.92 Å². The Morgan fingerprint density at radius 1 is 1.73 bits per heavy atom. The van der Waals surface area contributed by atoms with Crippen LogP contribution in [0.25, 0.3) is 0 Å². The lowest BCUT2D eigenvalue weighted by Crippen LogP contribution is -2.32. The third kappa shape index (κ3) is 3.51. The van der Waals surface area contributed by atoms with Gasteiger partial charge in [-0.2, -0.15) is 0 Å². The van der Waals surface area contributed by atoms with Crippen molar-refractivity contribution in [1.82, 2.24) is 0 Å². The molecule has 0 aromatic heterocycles. The van der Waals surface area contributed by atoms with Crippen molar-refractivity contribution in [3.05, 3.63) is 0 Å². The average molecular weight is 328 g/mol. The maximum absolute atomic E-state index is 11.5. The molecule has 0 radical (unpaired) electrons. The van der Waals surface area contributed by atoms with Gasteiger partial charge in [0.2, 0.25) is 0 Å². The van der Waals surface area contributed by atoms with Crippen molar-refractivity contribution < 1.29 is 23.8 Å². The summed E-state index contributed by atoms with van der Waals surface area (Å²) >= 11 is 2.04. The highest BCUT2D eigenvalue weighted by Crippen LogP contribution is 2.24. The standard InChI is InChI=1S/C9H13IO5/c1-3-9(2,10)7(11)13-4-6-5-14-8(12)15-6/h6H,3-5H2,1-2H3. The lowest BCUT2D eigenvalue weighted by molar-refractivity contribution is -0.148. The Kier molecular flexibility index (Phi) is 4.18. The van der Waals surface area contributed by atoms with Crippen LogP contribution in [0.15, 0.2) is 0 Å². The van der Waals surface area contributed by atoms with Gasteiger partial charge in [0.25, 0.3) is 0 Å². The van der Waals surface area contributed by atoms with Gasteiger partial charge in [-0.1, -0.05) is 29.5 Å². The van der Waals surface area contributed by atoms with Crippen LogP contribution in [0, 0.1) is 0 Å². The minimum Gasteiger partial charge on any atom is -0.461 e. The number of carbonyl (C=O) groups excluding carboxylic acids is 2. The molecule has 1 aliphatic rings. The van der Waals surface area contributed by atoms with Crippen molar-refractivity contribution in [1.29, 1.82) is 0 Å². The van der Waals surface area contributed by atoms with Gasteiger partial charge in [0.05, 0.1) is 0 Å². The molecule has 1 heterocycles. The fourth-order valence-corrected chi connectivity index (χ4v) is 1.07. The van der Waals surface area contributed by atoms with Gasteiger partial charge in [-0.3, -0.25) is 4.79 Å². The van der Waals surface area contributed by atoms with E-state index in [-0.39, 0.29) is 19.2 Å². The molecule has 86 valence electrons. The minimum atomic E-state index is -0.705. The second kappa shape index (κ2) is 5.00. The first-order chi connectivity index (χ1) is 6.95. The third-order valence-corrected chi connectivity index (χ3v) is 3.34. The summed E-state index contributed by atoms with van der Waals surface area (Å²) in [5, 5.41) is 0. The Balaban J connectivity index is 2.31. The molecule has 0 aromatic carbocycles. The molecule has 2 atom stereocenters. The van der Waals surface area contributed by atoms with Crippen LogP contribution in [0.3, 0.4) is 0 Å². The molecule has 0 spiro atoms. The summed E-state index contributed by atoms with van der Waals surface area (Å²) in [5.74, 6) is -0.298. The van der Waals surface area contributed by atoms with Crippen LogP contribution < -0.4 is 0 Å². The molecule has 0 aromatic rings. The summed E-state index contributed by atoms with van der Waals surface area (Å²) in [7, 11) is 0. The zero-order valence-electron chi connectivity index (χ0n) is 8.62. The van der Waals surface area contributed by atoms with Gasteiger partial charge < -0.3 is 14.2 Å². The van der Waals surface area contributed by atoms with Gasteiger partial charge in [0.1, 0.15) is 16.6 Å². The Hall–Kier alpha value is -0.530. The lowest BCUT2D eigenvalue weighted by atomic mass is 10.1. The van der Waals surface area contributed by atoms with Gasteiger partial charge in [0.15, 0.2) is 6.10 Å². The van der Waals surface area contributed by atoms with Crippen LogP contribution >= 0.6 is 22.6 Å². The fourth-order valence-electron chi connectivity index (χ4n) is 0.911. The number of alkyl halides is 1. The van der Waals surface area contributed by atoms with Crippen molar-refractivity contribution in [2.75, 3.05) is 13.2 Å². The Morgan fingerprint density at radius 2 is 2.40 bits per heavy atom. The molecular weight excluding hydrogens is 315 g/mol. The van der Waals surface area contributed by atoms with Crippen LogP contribution in [0.5, 0.6) is 0 Å². The van der Waals surface area contributed by atoms with Crippen molar-refractivity contribution in [3.63, 3.8) is 0 Å². The van der Waals surface area contributed by atoms with Crippen LogP contribution in [-0.4, -0.2) is 34.9 Å². The molecule has 15 heavy (non-hydrogen) atoms. The summed E-state index contributed by atoms with van der Waals surface area (Å²) < 4.78 is 13.8. The fraction of sp³-hybridized carbons (Fsp3) is 0.778. The van der Waals surface area contributed by atoms with Gasteiger partial charge in [-0.05, 0) is 13.3 Å². The zero-order chi connectivity index (χ0) is 11.5. The summed E-state index contributed by atoms with van der Waals surface area (Å²) in [5.41, 5.74) is 0. The molecule has 6 heteroatoms. The van der Waals surface area contributed by atoms with Gasteiger partial charge in [-0.15, -0.1) is 0 Å². The van der Waals surface area contributed by atoms with Crippen LogP contribution in [0.4, 0.5) is 4.79 Å². The summed E-state index contributed by atoms with van der Waals surface area (Å²) in [6.07, 6.45) is -0.484. The van der Waals surface area contributed by atoms with E-state index in [0.29, 0.717) is 6.42 Å². The summed E-state index contributed by atoms with van der Waals surface area (Å²) in [4.78, 5) is 22.1. The monoisotopic (exact) mass is 328 g/mol. The molecule has 1 saturated heterocycles. The van der Waals surface area contributed by atoms with Crippen LogP contribution in [-0.2, 0) is 19.0 Å². The largest absolute Gasteiger partial charge is 0.508 e. The maximum Gasteiger partial charge on any atom is 0.508 e. The Bertz CT molecular complexity index is 263. The highest BCUT2D eigenvalue weighted by Gasteiger charge is 2.32. The second-order valence-corrected chi connectivity index (χ2v) is 5.83. The molecule has 2 unspecified atom stereocenters. The molecule has 0 N–H and O–H groups in total. The van der Waals surface area contributed by atoms with Crippen molar-refractivity contribution in [3.8, 4) is 0 Å². The summed E-state index contributed by atoms with van der Waals surface area (Å²) in [6, 6.07) is 0. The first-order valence-corrected chi connectivity index (χ1v) is 5.73. The van der Waals surface area contributed by atoms with E-state index in [1.165, 1.54) is 0 Å². The normalized spacial score (nSPS) is 23.9. The number of carbonyl (C=O) groups is 2. The van der Waals surface area contributed by atoms with Crippen molar-refractivity contribution in [2.24, 2.45) is 0 Å². The number of hydrogen-bond acceptors (Lipinski definition) is 5. The number of hydrogen-bond donors (Lipinski definition) is 0. The number of halogens is 1. The average Bonchev–Trinajstić information content (AvgIpc) is 2.60. The number of esters is 1. The zero-order valence-corrected chi connectivity index (χ0v) is 10.8. The smallest absolute Gasteiger partial charge is 0.461 e. The number of cyclic esters (lactones) is 2. The van der Waals surface area contributed by atoms with Crippen LogP contribution in [0.2, 0.25) is 0 Å². The van der Waals surface area contributed by atoms with E-state index in [2.05, 4.69) is 4.74 Å². The third-order valence-electron chi connectivity index (χ3n) is 2.14. The molecule has 1 aliphatic heterocycles. The highest BCUT2D eigenvalue weighted by atomic mass is 127. The van der Waals surface area contributed by atoms with Crippen molar-refractivity contribution in [2.45, 2.75) is 29.8 Å². The molecular formula is C9H13IO5. The molecule has 0 saturated carbocycles. The molecule has 0 amide bonds. The Morgan fingerprint density at radius 3 is 2.87 bits per heavy atom. The van der Waals surface area contributed by atoms with E-state index in [4.69, 9.17) is 9.47 Å². The lowest BCUT2D eigenvalue weighted by Gasteiger charge is -2.19. The van der Waals surface area contributed by atoms with Gasteiger partial charge >= 0.3 is 12.1 Å². The quantitative estimate of drug-likeness (QED) is 0.446. The molecule has 5 nitrogen and oxygen atoms in total. The van der Waals surface area contributed by atoms with E-state index < -0.39 is 15.7 Å². The SMILES string of the molecule is CCC(C)(I)C(=O)OCC1COC(=O)O1. The van der Waals surface area contributed by atoms with Gasteiger partial charge in [-0.25, -0.2) is 4.79 Å². The van der Waals surface area contributed by atoms with Crippen LogP contribution in [0.1, 0.15) is 20.3 Å². The molecule has 0 aliphatic carbocycles. The predicted octanol–water partition coefficient (Wildman–Crippen LogP) is 1.67. The Labute approximate surface area is 102 Å². The van der Waals surface area contributed by atoms with E-state index in [9.17, 15) is 9.59 Å². The maximum atomic E-state index is 11.5.